The van der Waals surface area contributed by atoms with Gasteiger partial charge in [-0.15, -0.1) is 12.6 Å². The van der Waals surface area contributed by atoms with Gasteiger partial charge >= 0.3 is 37.7 Å². The van der Waals surface area contributed by atoms with Gasteiger partial charge in [0.1, 0.15) is 0 Å². The fraction of sp³-hybridized carbons (Fsp3) is 0.600. The largest absolute Gasteiger partial charge is 2.00 e. The van der Waals surface area contributed by atoms with Gasteiger partial charge in [-0.1, -0.05) is 63.6 Å². The molecular formula is C15H26CaS. The normalized spacial score (nSPS) is 10.0. The fourth-order valence-electron chi connectivity index (χ4n) is 1.99. The van der Waals surface area contributed by atoms with Crippen molar-refractivity contribution in [2.45, 2.75) is 63.2 Å². The summed E-state index contributed by atoms with van der Waals surface area (Å²) in [4.78, 5) is 1.15. The molecule has 17 heavy (non-hydrogen) atoms. The molecular weight excluding hydrogens is 252 g/mol. The minimum absolute atomic E-state index is 0. The summed E-state index contributed by atoms with van der Waals surface area (Å²) in [5.41, 5.74) is 1.40. The number of thiol groups is 1. The predicted octanol–water partition coefficient (Wildman–Crippen LogP) is 5.11. The predicted molar refractivity (Wildman–Crippen MR) is 83.4 cm³/mol. The van der Waals surface area contributed by atoms with Gasteiger partial charge in [0.2, 0.25) is 0 Å². The van der Waals surface area contributed by atoms with E-state index >= 15 is 0 Å². The maximum Gasteiger partial charge on any atom is 2.00 e. The Bertz CT molecular complexity index is 295. The molecule has 0 saturated carbocycles. The summed E-state index contributed by atoms with van der Waals surface area (Å²) in [5, 5.41) is 0. The van der Waals surface area contributed by atoms with Crippen molar-refractivity contribution in [1.82, 2.24) is 0 Å². The van der Waals surface area contributed by atoms with Crippen molar-refractivity contribution in [2.75, 3.05) is 0 Å². The second kappa shape index (κ2) is 11.9. The van der Waals surface area contributed by atoms with Gasteiger partial charge in [0.05, 0.1) is 0 Å². The minimum atomic E-state index is 0. The average Bonchev–Trinajstić information content (AvgIpc) is 2.30. The first-order chi connectivity index (χ1) is 7.84. The van der Waals surface area contributed by atoms with E-state index in [9.17, 15) is 0 Å². The fourth-order valence-corrected chi connectivity index (χ4v) is 2.27. The molecule has 1 aromatic carbocycles. The van der Waals surface area contributed by atoms with Gasteiger partial charge in [0.15, 0.2) is 0 Å². The van der Waals surface area contributed by atoms with Crippen LogP contribution in [0.15, 0.2) is 29.2 Å². The maximum absolute atomic E-state index is 4.47. The summed E-state index contributed by atoms with van der Waals surface area (Å²) in [7, 11) is 0. The minimum Gasteiger partial charge on any atom is -1.00 e. The van der Waals surface area contributed by atoms with E-state index in [2.05, 4.69) is 43.8 Å². The van der Waals surface area contributed by atoms with Gasteiger partial charge in [-0.25, -0.2) is 0 Å². The van der Waals surface area contributed by atoms with E-state index in [1.165, 1.54) is 56.9 Å². The molecule has 0 bridgehead atoms. The number of hydrogen-bond acceptors (Lipinski definition) is 1. The molecule has 0 N–H and O–H groups in total. The van der Waals surface area contributed by atoms with Crippen LogP contribution in [0.25, 0.3) is 0 Å². The Hall–Kier alpha value is 0.830. The Morgan fingerprint density at radius 1 is 0.941 bits per heavy atom. The number of rotatable bonds is 8. The Morgan fingerprint density at radius 3 is 2.18 bits per heavy atom. The summed E-state index contributed by atoms with van der Waals surface area (Å²) in [5.74, 6) is 0. The van der Waals surface area contributed by atoms with Crippen LogP contribution < -0.4 is 0 Å². The standard InChI is InChI=1S/C15H24S.Ca.2H/c1-2-3-4-5-6-7-8-11-14-12-9-10-13-15(14)16;;;/h9-10,12-13,16H,2-8,11H2,1H3;;;/q;+2;2*-1. The zero-order valence-corrected chi connectivity index (χ0v) is 14.2. The Morgan fingerprint density at radius 2 is 1.53 bits per heavy atom. The van der Waals surface area contributed by atoms with Gasteiger partial charge in [-0.2, -0.15) is 0 Å². The van der Waals surface area contributed by atoms with Crippen molar-refractivity contribution in [2.24, 2.45) is 0 Å². The topological polar surface area (TPSA) is 0 Å². The van der Waals surface area contributed by atoms with Gasteiger partial charge < -0.3 is 2.85 Å². The van der Waals surface area contributed by atoms with E-state index in [1.54, 1.807) is 0 Å². The third-order valence-electron chi connectivity index (χ3n) is 3.04. The van der Waals surface area contributed by atoms with Crippen LogP contribution >= 0.6 is 12.6 Å². The number of benzene rings is 1. The van der Waals surface area contributed by atoms with E-state index < -0.39 is 0 Å². The van der Waals surface area contributed by atoms with Gasteiger partial charge in [0.25, 0.3) is 0 Å². The Balaban J connectivity index is -0.000000853. The molecule has 1 rings (SSSR count). The molecule has 2 heteroatoms. The molecule has 0 aliphatic heterocycles. The van der Waals surface area contributed by atoms with Crippen molar-refractivity contribution in [1.29, 1.82) is 0 Å². The molecule has 94 valence electrons. The summed E-state index contributed by atoms with van der Waals surface area (Å²) < 4.78 is 0. The monoisotopic (exact) mass is 278 g/mol. The summed E-state index contributed by atoms with van der Waals surface area (Å²) in [6.07, 6.45) is 10.8. The second-order valence-corrected chi connectivity index (χ2v) is 4.98. The third-order valence-corrected chi connectivity index (χ3v) is 3.48. The molecule has 1 aromatic rings. The number of aryl methyl sites for hydroxylation is 1. The first kappa shape index (κ1) is 17.8. The van der Waals surface area contributed by atoms with Gasteiger partial charge in [-0.3, -0.25) is 0 Å². The average molecular weight is 279 g/mol. The quantitative estimate of drug-likeness (QED) is 0.381. The van der Waals surface area contributed by atoms with Gasteiger partial charge in [0, 0.05) is 4.90 Å². The number of unbranched alkanes of at least 4 members (excludes halogenated alkanes) is 6. The van der Waals surface area contributed by atoms with E-state index in [0.717, 1.165) is 4.90 Å². The zero-order chi connectivity index (χ0) is 11.6. The van der Waals surface area contributed by atoms with Crippen LogP contribution in [0.4, 0.5) is 0 Å². The van der Waals surface area contributed by atoms with Crippen LogP contribution in [0, 0.1) is 0 Å². The van der Waals surface area contributed by atoms with E-state index in [1.807, 2.05) is 0 Å². The molecule has 0 fully saturated rings. The van der Waals surface area contributed by atoms with Crippen molar-refractivity contribution in [3.05, 3.63) is 29.8 Å². The smallest absolute Gasteiger partial charge is 1.00 e. The Labute approximate surface area is 145 Å². The van der Waals surface area contributed by atoms with Crippen LogP contribution in [-0.2, 0) is 6.42 Å². The van der Waals surface area contributed by atoms with Crippen LogP contribution in [0.3, 0.4) is 0 Å². The van der Waals surface area contributed by atoms with E-state index in [-0.39, 0.29) is 40.6 Å². The first-order valence-corrected chi connectivity index (χ1v) is 7.06. The summed E-state index contributed by atoms with van der Waals surface area (Å²) >= 11 is 4.47. The second-order valence-electron chi connectivity index (χ2n) is 4.50. The van der Waals surface area contributed by atoms with Crippen LogP contribution in [0.2, 0.25) is 0 Å². The summed E-state index contributed by atoms with van der Waals surface area (Å²) in [6.45, 7) is 2.27. The van der Waals surface area contributed by atoms with Gasteiger partial charge in [-0.05, 0) is 24.5 Å². The maximum atomic E-state index is 4.47. The number of hydrogen-bond donors (Lipinski definition) is 1. The van der Waals surface area contributed by atoms with E-state index in [0.29, 0.717) is 0 Å². The molecule has 0 radical (unpaired) electrons. The van der Waals surface area contributed by atoms with Crippen LogP contribution in [0.5, 0.6) is 0 Å². The molecule has 0 atom stereocenters. The summed E-state index contributed by atoms with van der Waals surface area (Å²) in [6, 6.07) is 8.44. The van der Waals surface area contributed by atoms with Crippen LogP contribution in [-0.4, -0.2) is 37.7 Å². The van der Waals surface area contributed by atoms with Crippen molar-refractivity contribution in [3.63, 3.8) is 0 Å². The SMILES string of the molecule is CCCCCCCCCc1ccccc1S.[Ca+2].[H-].[H-]. The van der Waals surface area contributed by atoms with Crippen molar-refractivity contribution >= 4 is 50.4 Å². The molecule has 0 amide bonds. The van der Waals surface area contributed by atoms with Crippen molar-refractivity contribution in [3.8, 4) is 0 Å². The van der Waals surface area contributed by atoms with E-state index in [4.69, 9.17) is 0 Å². The molecule has 0 unspecified atom stereocenters. The molecule has 0 aliphatic rings. The molecule has 0 nitrogen and oxygen atoms in total. The third kappa shape index (κ3) is 8.53. The zero-order valence-electron chi connectivity index (χ0n) is 13.1. The molecule has 0 aromatic heterocycles. The molecule has 0 saturated heterocycles. The molecule has 0 aliphatic carbocycles. The Kier molecular flexibility index (Phi) is 12.5. The first-order valence-electron chi connectivity index (χ1n) is 6.61. The molecule has 0 heterocycles. The molecule has 0 spiro atoms. The van der Waals surface area contributed by atoms with Crippen LogP contribution in [0.1, 0.15) is 60.3 Å². The van der Waals surface area contributed by atoms with Crippen molar-refractivity contribution < 1.29 is 2.85 Å².